The second-order valence-corrected chi connectivity index (χ2v) is 11.3. The van der Waals surface area contributed by atoms with Gasteiger partial charge in [0, 0.05) is 43.2 Å². The van der Waals surface area contributed by atoms with Crippen molar-refractivity contribution in [3.05, 3.63) is 60.6 Å². The lowest BCUT2D eigenvalue weighted by Gasteiger charge is -2.40. The molecular formula is C32H36FN7O4. The van der Waals surface area contributed by atoms with E-state index in [0.717, 1.165) is 19.4 Å². The number of phenols is 1. The van der Waals surface area contributed by atoms with E-state index in [2.05, 4.69) is 46.7 Å². The molecule has 11 nitrogen and oxygen atoms in total. The molecule has 3 aromatic rings. The first kappa shape index (κ1) is 30.7. The van der Waals surface area contributed by atoms with Gasteiger partial charge in [-0.05, 0) is 50.8 Å². The minimum atomic E-state index is -0.955. The Morgan fingerprint density at radius 3 is 2.77 bits per heavy atom. The van der Waals surface area contributed by atoms with Gasteiger partial charge in [-0.25, -0.2) is 4.39 Å². The maximum atomic E-state index is 16.2. The fraction of sp³-hybridized carbons (Fsp3) is 0.406. The number of ether oxygens (including phenoxy) is 1. The Labute approximate surface area is 255 Å². The molecule has 2 aliphatic heterocycles. The summed E-state index contributed by atoms with van der Waals surface area (Å²) in [4.78, 5) is 40.1. The van der Waals surface area contributed by atoms with E-state index in [1.54, 1.807) is 35.2 Å². The zero-order chi connectivity index (χ0) is 31.4. The fourth-order valence-electron chi connectivity index (χ4n) is 6.04. The number of likely N-dealkylation sites (tertiary alicyclic amines) is 1. The summed E-state index contributed by atoms with van der Waals surface area (Å²) in [5.74, 6) is -2.33. The molecule has 2 aromatic carbocycles. The number of benzene rings is 2. The number of aromatic hydroxyl groups is 1. The number of fused-ring (bicyclic) bond motifs is 1. The number of nitrogens with one attached hydrogen (secondary N) is 1. The second-order valence-electron chi connectivity index (χ2n) is 11.3. The number of amides is 2. The van der Waals surface area contributed by atoms with Crippen LogP contribution in [-0.4, -0.2) is 87.6 Å². The summed E-state index contributed by atoms with van der Waals surface area (Å²) < 4.78 is 22.3. The highest BCUT2D eigenvalue weighted by atomic mass is 19.1. The van der Waals surface area contributed by atoms with Crippen LogP contribution in [0.5, 0.6) is 11.8 Å². The van der Waals surface area contributed by atoms with Crippen LogP contribution >= 0.6 is 0 Å². The van der Waals surface area contributed by atoms with Crippen LogP contribution in [0.1, 0.15) is 43.6 Å². The molecule has 2 saturated heterocycles. The summed E-state index contributed by atoms with van der Waals surface area (Å²) in [7, 11) is 0. The molecule has 1 aromatic heterocycles. The lowest BCUT2D eigenvalue weighted by molar-refractivity contribution is -0.128. The maximum Gasteiger partial charge on any atom is 0.319 e. The molecule has 2 atom stereocenters. The summed E-state index contributed by atoms with van der Waals surface area (Å²) in [5.41, 5.74) is -0.234. The number of rotatable bonds is 9. The number of piperazine rings is 1. The van der Waals surface area contributed by atoms with Crippen molar-refractivity contribution in [3.63, 3.8) is 0 Å². The molecule has 2 aliphatic rings. The number of hydrogen-bond acceptors (Lipinski definition) is 9. The standard InChI is InChI=1S/C32H36FN7O4/c1-4-27(42)40-15-14-38(18-22(40)11-12-34)30-28(33)29(36-32(37-30)44-19-23-9-7-13-39(23)20(2)3)31(43)35-26-17-24(41)16-21-8-5-6-10-25(21)26/h4-6,8,10,16-17,20,22-23,41H,1,7,9,11,13-15,18-19H2,2-3H3,(H,35,43)/t22-,23-/m0/s1. The molecule has 2 fully saturated rings. The van der Waals surface area contributed by atoms with Crippen LogP contribution in [0.4, 0.5) is 15.9 Å². The van der Waals surface area contributed by atoms with Gasteiger partial charge in [0.25, 0.3) is 5.91 Å². The molecule has 0 aliphatic carbocycles. The quantitative estimate of drug-likeness (QED) is 0.348. The summed E-state index contributed by atoms with van der Waals surface area (Å²) in [5, 5.41) is 23.7. The van der Waals surface area contributed by atoms with E-state index in [-0.39, 0.29) is 67.9 Å². The highest BCUT2D eigenvalue weighted by molar-refractivity contribution is 6.09. The Bertz CT molecular complexity index is 1610. The number of anilines is 2. The first-order valence-electron chi connectivity index (χ1n) is 14.7. The summed E-state index contributed by atoms with van der Waals surface area (Å²) in [6, 6.07) is 12.0. The molecule has 230 valence electrons. The number of carbonyl (C=O) groups is 2. The van der Waals surface area contributed by atoms with Gasteiger partial charge in [0.1, 0.15) is 12.4 Å². The summed E-state index contributed by atoms with van der Waals surface area (Å²) in [6.45, 7) is 9.51. The molecule has 0 bridgehead atoms. The highest BCUT2D eigenvalue weighted by Gasteiger charge is 2.34. The molecule has 0 unspecified atom stereocenters. The normalized spacial score (nSPS) is 18.8. The highest BCUT2D eigenvalue weighted by Crippen LogP contribution is 2.31. The van der Waals surface area contributed by atoms with Crippen LogP contribution in [0, 0.1) is 17.1 Å². The predicted octanol–water partition coefficient (Wildman–Crippen LogP) is 4.10. The monoisotopic (exact) mass is 601 g/mol. The van der Waals surface area contributed by atoms with Gasteiger partial charge in [-0.15, -0.1) is 0 Å². The van der Waals surface area contributed by atoms with Crippen molar-refractivity contribution >= 4 is 34.1 Å². The molecule has 12 heteroatoms. The van der Waals surface area contributed by atoms with Crippen molar-refractivity contribution in [2.75, 3.05) is 43.0 Å². The maximum absolute atomic E-state index is 16.2. The van der Waals surface area contributed by atoms with Crippen molar-refractivity contribution in [1.82, 2.24) is 19.8 Å². The van der Waals surface area contributed by atoms with E-state index in [1.807, 2.05) is 0 Å². The number of halogens is 1. The third-order valence-corrected chi connectivity index (χ3v) is 8.18. The number of nitrogens with zero attached hydrogens (tertiary/aromatic N) is 6. The van der Waals surface area contributed by atoms with Crippen LogP contribution in [-0.2, 0) is 4.79 Å². The Hall–Kier alpha value is -4.76. The fourth-order valence-corrected chi connectivity index (χ4v) is 6.04. The molecule has 0 radical (unpaired) electrons. The third kappa shape index (κ3) is 6.43. The van der Waals surface area contributed by atoms with Crippen molar-refractivity contribution in [2.45, 2.75) is 51.2 Å². The van der Waals surface area contributed by atoms with Crippen LogP contribution in [0.25, 0.3) is 10.8 Å². The van der Waals surface area contributed by atoms with Crippen molar-refractivity contribution in [3.8, 4) is 17.8 Å². The van der Waals surface area contributed by atoms with E-state index in [4.69, 9.17) is 4.74 Å². The lowest BCUT2D eigenvalue weighted by Crippen LogP contribution is -2.55. The van der Waals surface area contributed by atoms with Gasteiger partial charge in [-0.2, -0.15) is 15.2 Å². The average molecular weight is 602 g/mol. The molecule has 3 heterocycles. The van der Waals surface area contributed by atoms with Crippen LogP contribution < -0.4 is 15.0 Å². The van der Waals surface area contributed by atoms with Crippen LogP contribution in [0.15, 0.2) is 49.1 Å². The van der Waals surface area contributed by atoms with Gasteiger partial charge in [-0.1, -0.05) is 30.8 Å². The first-order valence-corrected chi connectivity index (χ1v) is 14.7. The minimum absolute atomic E-state index is 0.0246. The predicted molar refractivity (Wildman–Crippen MR) is 164 cm³/mol. The van der Waals surface area contributed by atoms with Gasteiger partial charge >= 0.3 is 6.01 Å². The average Bonchev–Trinajstić information content (AvgIpc) is 3.49. The number of phenolic OH excluding ortho intramolecular Hbond substituents is 1. The van der Waals surface area contributed by atoms with Gasteiger partial charge in [-0.3, -0.25) is 14.5 Å². The molecule has 0 spiro atoms. The Morgan fingerprint density at radius 2 is 2.02 bits per heavy atom. The Morgan fingerprint density at radius 1 is 1.23 bits per heavy atom. The number of hydrogen-bond donors (Lipinski definition) is 2. The topological polar surface area (TPSA) is 135 Å². The largest absolute Gasteiger partial charge is 0.508 e. The Kier molecular flexibility index (Phi) is 9.25. The smallest absolute Gasteiger partial charge is 0.319 e. The number of aromatic nitrogens is 2. The SMILES string of the molecule is C=CC(=O)N1CCN(c2nc(OC[C@@H]3CCCN3C(C)C)nc(C(=O)Nc3cc(O)cc4ccccc34)c2F)C[C@@H]1CC#N. The van der Waals surface area contributed by atoms with E-state index in [0.29, 0.717) is 16.8 Å². The van der Waals surface area contributed by atoms with E-state index in [9.17, 15) is 20.0 Å². The summed E-state index contributed by atoms with van der Waals surface area (Å²) >= 11 is 0. The van der Waals surface area contributed by atoms with Crippen molar-refractivity contribution in [2.24, 2.45) is 0 Å². The third-order valence-electron chi connectivity index (χ3n) is 8.18. The molecule has 2 N–H and O–H groups in total. The van der Waals surface area contributed by atoms with Gasteiger partial charge < -0.3 is 25.0 Å². The Balaban J connectivity index is 1.49. The van der Waals surface area contributed by atoms with Crippen molar-refractivity contribution < 1.29 is 23.8 Å². The van der Waals surface area contributed by atoms with E-state index < -0.39 is 23.5 Å². The first-order chi connectivity index (χ1) is 21.2. The molecule has 5 rings (SSSR count). The number of nitriles is 1. The van der Waals surface area contributed by atoms with Gasteiger partial charge in [0.2, 0.25) is 5.91 Å². The van der Waals surface area contributed by atoms with E-state index in [1.165, 1.54) is 17.0 Å². The zero-order valence-corrected chi connectivity index (χ0v) is 24.9. The van der Waals surface area contributed by atoms with Crippen molar-refractivity contribution in [1.29, 1.82) is 5.26 Å². The van der Waals surface area contributed by atoms with Gasteiger partial charge in [0.05, 0.1) is 24.2 Å². The van der Waals surface area contributed by atoms with Gasteiger partial charge in [0.15, 0.2) is 17.3 Å². The number of carbonyl (C=O) groups excluding carboxylic acids is 2. The van der Waals surface area contributed by atoms with E-state index >= 15 is 4.39 Å². The van der Waals surface area contributed by atoms with Crippen LogP contribution in [0.2, 0.25) is 0 Å². The minimum Gasteiger partial charge on any atom is -0.508 e. The second kappa shape index (κ2) is 13.3. The molecule has 44 heavy (non-hydrogen) atoms. The molecule has 0 saturated carbocycles. The zero-order valence-electron chi connectivity index (χ0n) is 24.9. The molecule has 2 amide bonds. The molecular weight excluding hydrogens is 565 g/mol. The summed E-state index contributed by atoms with van der Waals surface area (Å²) in [6.07, 6.45) is 3.17. The lowest BCUT2D eigenvalue weighted by atomic mass is 10.1. The van der Waals surface area contributed by atoms with Crippen LogP contribution in [0.3, 0.4) is 0 Å².